The second-order valence-corrected chi connectivity index (χ2v) is 6.02. The summed E-state index contributed by atoms with van der Waals surface area (Å²) in [5, 5.41) is 3.31. The summed E-state index contributed by atoms with van der Waals surface area (Å²) in [6.07, 6.45) is 1.85. The van der Waals surface area contributed by atoms with Gasteiger partial charge in [-0.15, -0.1) is 0 Å². The van der Waals surface area contributed by atoms with Gasteiger partial charge in [-0.3, -0.25) is 14.6 Å². The van der Waals surface area contributed by atoms with E-state index in [1.165, 1.54) is 0 Å². The molecule has 2 aliphatic rings. The Morgan fingerprint density at radius 3 is 2.65 bits per heavy atom. The van der Waals surface area contributed by atoms with E-state index in [9.17, 15) is 4.79 Å². The molecule has 2 aliphatic heterocycles. The molecule has 5 nitrogen and oxygen atoms in total. The predicted molar refractivity (Wildman–Crippen MR) is 90.3 cm³/mol. The molecule has 1 aromatic heterocycles. The monoisotopic (exact) mass is 308 g/mol. The highest BCUT2D eigenvalue weighted by molar-refractivity contribution is 5.97. The Bertz CT molecular complexity index is 686. The number of nitrogens with zero attached hydrogens (tertiary/aromatic N) is 3. The lowest BCUT2D eigenvalue weighted by Crippen LogP contribution is -2.64. The highest BCUT2D eigenvalue weighted by Gasteiger charge is 2.36. The molecule has 5 heteroatoms. The van der Waals surface area contributed by atoms with E-state index in [-0.39, 0.29) is 11.9 Å². The Morgan fingerprint density at radius 2 is 1.87 bits per heavy atom. The summed E-state index contributed by atoms with van der Waals surface area (Å²) in [7, 11) is 0. The number of piperazine rings is 2. The fraction of sp³-hybridized carbons (Fsp3) is 0.333. The summed E-state index contributed by atoms with van der Waals surface area (Å²) in [6.45, 7) is 4.28. The normalized spacial score (nSPS) is 22.0. The largest absolute Gasteiger partial charge is 0.313 e. The molecule has 2 fully saturated rings. The number of hydrogen-bond donors (Lipinski definition) is 1. The van der Waals surface area contributed by atoms with Crippen molar-refractivity contribution in [3.8, 4) is 11.1 Å². The van der Waals surface area contributed by atoms with Crippen molar-refractivity contribution < 1.29 is 4.79 Å². The molecule has 1 aromatic carbocycles. The molecule has 23 heavy (non-hydrogen) atoms. The molecule has 118 valence electrons. The molecule has 0 unspecified atom stereocenters. The van der Waals surface area contributed by atoms with Gasteiger partial charge >= 0.3 is 0 Å². The number of hydrogen-bond acceptors (Lipinski definition) is 4. The maximum Gasteiger partial charge on any atom is 0.246 e. The van der Waals surface area contributed by atoms with Crippen molar-refractivity contribution in [1.82, 2.24) is 15.2 Å². The fourth-order valence-electron chi connectivity index (χ4n) is 3.35. The standard InChI is InChI=1S/C18H20N4O/c23-18-16-13-19-8-9-21(16)10-11-22(18)17-7-6-15(12-20-17)14-4-2-1-3-5-14/h1-7,12,16,19H,8-11,13H2/t16-/m1/s1. The van der Waals surface area contributed by atoms with Crippen LogP contribution in [0.4, 0.5) is 5.82 Å². The molecular weight excluding hydrogens is 288 g/mol. The summed E-state index contributed by atoms with van der Waals surface area (Å²) in [5.41, 5.74) is 2.21. The number of amides is 1. The van der Waals surface area contributed by atoms with Crippen molar-refractivity contribution in [2.24, 2.45) is 0 Å². The van der Waals surface area contributed by atoms with Gasteiger partial charge in [-0.05, 0) is 17.7 Å². The third kappa shape index (κ3) is 2.73. The predicted octanol–water partition coefficient (Wildman–Crippen LogP) is 1.37. The Labute approximate surface area is 135 Å². The summed E-state index contributed by atoms with van der Waals surface area (Å²) < 4.78 is 0. The molecule has 3 heterocycles. The molecular formula is C18H20N4O. The van der Waals surface area contributed by atoms with Crippen molar-refractivity contribution in [1.29, 1.82) is 0 Å². The van der Waals surface area contributed by atoms with Crippen LogP contribution >= 0.6 is 0 Å². The molecule has 1 amide bonds. The highest BCUT2D eigenvalue weighted by Crippen LogP contribution is 2.23. The fourth-order valence-corrected chi connectivity index (χ4v) is 3.35. The van der Waals surface area contributed by atoms with Gasteiger partial charge in [-0.2, -0.15) is 0 Å². The highest BCUT2D eigenvalue weighted by atomic mass is 16.2. The second kappa shape index (κ2) is 6.10. The minimum absolute atomic E-state index is 0.0481. The first kappa shape index (κ1) is 14.4. The topological polar surface area (TPSA) is 48.5 Å². The summed E-state index contributed by atoms with van der Waals surface area (Å²) in [4.78, 5) is 21.3. The van der Waals surface area contributed by atoms with Crippen molar-refractivity contribution in [3.05, 3.63) is 48.7 Å². The van der Waals surface area contributed by atoms with Gasteiger partial charge in [0.25, 0.3) is 0 Å². The zero-order valence-corrected chi connectivity index (χ0v) is 13.0. The van der Waals surface area contributed by atoms with Gasteiger partial charge in [-0.1, -0.05) is 30.3 Å². The first-order valence-electron chi connectivity index (χ1n) is 8.10. The summed E-state index contributed by atoms with van der Waals surface area (Å²) in [6, 6.07) is 14.1. The molecule has 2 aromatic rings. The average molecular weight is 308 g/mol. The maximum absolute atomic E-state index is 12.7. The molecule has 0 saturated carbocycles. The van der Waals surface area contributed by atoms with Gasteiger partial charge in [0.2, 0.25) is 5.91 Å². The number of carbonyl (C=O) groups is 1. The van der Waals surface area contributed by atoms with Crippen LogP contribution in [0.25, 0.3) is 11.1 Å². The zero-order valence-electron chi connectivity index (χ0n) is 13.0. The third-order valence-electron chi connectivity index (χ3n) is 4.65. The smallest absolute Gasteiger partial charge is 0.246 e. The van der Waals surface area contributed by atoms with E-state index in [1.807, 2.05) is 41.4 Å². The van der Waals surface area contributed by atoms with E-state index < -0.39 is 0 Å². The van der Waals surface area contributed by atoms with Crippen LogP contribution in [0.1, 0.15) is 0 Å². The van der Waals surface area contributed by atoms with Crippen LogP contribution < -0.4 is 10.2 Å². The van der Waals surface area contributed by atoms with E-state index in [0.717, 1.165) is 43.1 Å². The number of aromatic nitrogens is 1. The number of nitrogens with one attached hydrogen (secondary N) is 1. The average Bonchev–Trinajstić information content (AvgIpc) is 2.63. The Morgan fingerprint density at radius 1 is 1.00 bits per heavy atom. The molecule has 0 radical (unpaired) electrons. The molecule has 0 aliphatic carbocycles. The Kier molecular flexibility index (Phi) is 3.81. The Balaban J connectivity index is 1.55. The van der Waals surface area contributed by atoms with Crippen LogP contribution in [0.3, 0.4) is 0 Å². The molecule has 4 rings (SSSR count). The zero-order chi connectivity index (χ0) is 15.6. The number of anilines is 1. The van der Waals surface area contributed by atoms with Crippen molar-refractivity contribution in [2.45, 2.75) is 6.04 Å². The van der Waals surface area contributed by atoms with Crippen LogP contribution in [0, 0.1) is 0 Å². The lowest BCUT2D eigenvalue weighted by molar-refractivity contribution is -0.126. The van der Waals surface area contributed by atoms with E-state index in [2.05, 4.69) is 27.3 Å². The van der Waals surface area contributed by atoms with Gasteiger partial charge in [0, 0.05) is 44.5 Å². The maximum atomic E-state index is 12.7. The van der Waals surface area contributed by atoms with Gasteiger partial charge in [0.1, 0.15) is 11.9 Å². The van der Waals surface area contributed by atoms with Crippen LogP contribution in [0.5, 0.6) is 0 Å². The van der Waals surface area contributed by atoms with Crippen LogP contribution in [0.15, 0.2) is 48.7 Å². The van der Waals surface area contributed by atoms with Crippen molar-refractivity contribution in [2.75, 3.05) is 37.6 Å². The summed E-state index contributed by atoms with van der Waals surface area (Å²) >= 11 is 0. The number of pyridine rings is 1. The van der Waals surface area contributed by atoms with E-state index >= 15 is 0 Å². The lowest BCUT2D eigenvalue weighted by Gasteiger charge is -2.42. The molecule has 1 N–H and O–H groups in total. The van der Waals surface area contributed by atoms with Gasteiger partial charge < -0.3 is 5.32 Å². The minimum Gasteiger partial charge on any atom is -0.313 e. The molecule has 0 spiro atoms. The van der Waals surface area contributed by atoms with E-state index in [0.29, 0.717) is 6.54 Å². The van der Waals surface area contributed by atoms with E-state index in [1.54, 1.807) is 0 Å². The Hall–Kier alpha value is -2.24. The van der Waals surface area contributed by atoms with Crippen molar-refractivity contribution in [3.63, 3.8) is 0 Å². The molecule has 2 saturated heterocycles. The number of fused-ring (bicyclic) bond motifs is 1. The van der Waals surface area contributed by atoms with Crippen LogP contribution in [-0.4, -0.2) is 54.6 Å². The van der Waals surface area contributed by atoms with E-state index in [4.69, 9.17) is 0 Å². The number of benzene rings is 1. The SMILES string of the molecule is O=C1[C@H]2CNCCN2CCN1c1ccc(-c2ccccc2)cn1. The van der Waals surface area contributed by atoms with Gasteiger partial charge in [0.05, 0.1) is 0 Å². The summed E-state index contributed by atoms with van der Waals surface area (Å²) in [5.74, 6) is 0.906. The lowest BCUT2D eigenvalue weighted by atomic mass is 10.1. The van der Waals surface area contributed by atoms with Crippen molar-refractivity contribution >= 4 is 11.7 Å². The minimum atomic E-state index is -0.0481. The van der Waals surface area contributed by atoms with Crippen LogP contribution in [0.2, 0.25) is 0 Å². The second-order valence-electron chi connectivity index (χ2n) is 6.02. The molecule has 1 atom stereocenters. The van der Waals surface area contributed by atoms with Crippen LogP contribution in [-0.2, 0) is 4.79 Å². The van der Waals surface area contributed by atoms with Gasteiger partial charge in [0.15, 0.2) is 0 Å². The number of carbonyl (C=O) groups excluding carboxylic acids is 1. The molecule has 0 bridgehead atoms. The first-order valence-corrected chi connectivity index (χ1v) is 8.10. The first-order chi connectivity index (χ1) is 11.3. The van der Waals surface area contributed by atoms with Gasteiger partial charge in [-0.25, -0.2) is 4.98 Å². The quantitative estimate of drug-likeness (QED) is 0.910. The third-order valence-corrected chi connectivity index (χ3v) is 4.65. The number of rotatable bonds is 2.